The Hall–Kier alpha value is -3.23. The van der Waals surface area contributed by atoms with Gasteiger partial charge in [0.2, 0.25) is 5.91 Å². The van der Waals surface area contributed by atoms with E-state index in [1.807, 2.05) is 36.4 Å². The number of carboxylic acids is 1. The number of amides is 2. The highest BCUT2D eigenvalue weighted by Gasteiger charge is 2.33. The second-order valence-corrected chi connectivity index (χ2v) is 7.67. The van der Waals surface area contributed by atoms with Crippen molar-refractivity contribution in [2.45, 2.75) is 0 Å². The van der Waals surface area contributed by atoms with E-state index in [2.05, 4.69) is 5.32 Å². The Kier molecular flexibility index (Phi) is 6.58. The van der Waals surface area contributed by atoms with Crippen molar-refractivity contribution in [2.24, 2.45) is 0 Å². The van der Waals surface area contributed by atoms with Gasteiger partial charge in [0.15, 0.2) is 0 Å². The molecule has 1 aliphatic heterocycles. The van der Waals surface area contributed by atoms with Crippen LogP contribution in [0.15, 0.2) is 71.7 Å². The van der Waals surface area contributed by atoms with Crippen molar-refractivity contribution < 1.29 is 19.5 Å². The number of carbonyl (C=O) groups excluding carboxylic acids is 2. The van der Waals surface area contributed by atoms with Crippen LogP contribution in [0.1, 0.15) is 15.9 Å². The molecule has 1 heterocycles. The number of thiocarbonyl (C=S) groups is 1. The van der Waals surface area contributed by atoms with Crippen molar-refractivity contribution in [1.29, 1.82) is 0 Å². The molecule has 0 spiro atoms. The van der Waals surface area contributed by atoms with Crippen LogP contribution in [0.3, 0.4) is 0 Å². The largest absolute Gasteiger partial charge is 0.478 e. The van der Waals surface area contributed by atoms with Crippen molar-refractivity contribution in [1.82, 2.24) is 4.90 Å². The molecule has 2 amide bonds. The van der Waals surface area contributed by atoms with Gasteiger partial charge in [-0.2, -0.15) is 0 Å². The number of rotatable bonds is 6. The summed E-state index contributed by atoms with van der Waals surface area (Å²) in [6.45, 7) is -0.217. The first-order valence-electron chi connectivity index (χ1n) is 8.54. The molecule has 29 heavy (non-hydrogen) atoms. The molecule has 0 unspecified atom stereocenters. The maximum Gasteiger partial charge on any atom is 0.335 e. The summed E-state index contributed by atoms with van der Waals surface area (Å²) in [5.41, 5.74) is 1.56. The minimum Gasteiger partial charge on any atom is -0.478 e. The maximum atomic E-state index is 12.5. The van der Waals surface area contributed by atoms with E-state index in [4.69, 9.17) is 17.3 Å². The van der Waals surface area contributed by atoms with E-state index in [9.17, 15) is 14.4 Å². The van der Waals surface area contributed by atoms with Gasteiger partial charge in [0.1, 0.15) is 10.9 Å². The number of allylic oxidation sites excluding steroid dienone is 2. The van der Waals surface area contributed by atoms with Crippen LogP contribution in [-0.2, 0) is 9.59 Å². The monoisotopic (exact) mass is 424 g/mol. The lowest BCUT2D eigenvalue weighted by Crippen LogP contribution is -2.36. The van der Waals surface area contributed by atoms with Gasteiger partial charge in [0, 0.05) is 5.69 Å². The van der Waals surface area contributed by atoms with Crippen molar-refractivity contribution in [3.63, 3.8) is 0 Å². The first kappa shape index (κ1) is 20.5. The van der Waals surface area contributed by atoms with Crippen LogP contribution >= 0.6 is 24.0 Å². The van der Waals surface area contributed by atoms with Crippen molar-refractivity contribution >= 4 is 57.8 Å². The third-order valence-corrected chi connectivity index (χ3v) is 5.32. The quantitative estimate of drug-likeness (QED) is 0.542. The van der Waals surface area contributed by atoms with Gasteiger partial charge in [0.25, 0.3) is 5.91 Å². The lowest BCUT2D eigenvalue weighted by atomic mass is 10.2. The van der Waals surface area contributed by atoms with Crippen LogP contribution in [0.25, 0.3) is 6.08 Å². The maximum absolute atomic E-state index is 12.5. The molecular formula is C21H16N2O4S2. The number of nitrogens with zero attached hydrogens (tertiary/aromatic N) is 1. The van der Waals surface area contributed by atoms with Gasteiger partial charge in [-0.05, 0) is 35.9 Å². The highest BCUT2D eigenvalue weighted by molar-refractivity contribution is 8.26. The van der Waals surface area contributed by atoms with Crippen LogP contribution in [-0.4, -0.2) is 38.7 Å². The zero-order valence-corrected chi connectivity index (χ0v) is 16.7. The molecule has 1 fully saturated rings. The van der Waals surface area contributed by atoms with Gasteiger partial charge in [-0.25, -0.2) is 4.79 Å². The average Bonchev–Trinajstić information content (AvgIpc) is 2.97. The molecule has 1 aliphatic rings. The van der Waals surface area contributed by atoms with Crippen LogP contribution in [0.4, 0.5) is 5.69 Å². The molecule has 0 aromatic heterocycles. The van der Waals surface area contributed by atoms with E-state index >= 15 is 0 Å². The standard InChI is InChI=1S/C21H16N2O4S2/c24-18(22-16-11-9-15(10-12-16)20(26)27)13-23-19(25)17(29-21(23)28)8-4-7-14-5-2-1-3-6-14/h1-12H,13H2,(H,22,24)(H,26,27)/b7-4+,17-8-. The molecule has 0 radical (unpaired) electrons. The van der Waals surface area contributed by atoms with Gasteiger partial charge in [-0.1, -0.05) is 66.5 Å². The van der Waals surface area contributed by atoms with E-state index in [-0.39, 0.29) is 18.0 Å². The number of aromatic carboxylic acids is 1. The Morgan fingerprint density at radius 1 is 1.10 bits per heavy atom. The molecule has 2 N–H and O–H groups in total. The number of benzene rings is 2. The minimum atomic E-state index is -1.05. The van der Waals surface area contributed by atoms with Gasteiger partial charge >= 0.3 is 5.97 Å². The van der Waals surface area contributed by atoms with E-state index in [1.165, 1.54) is 29.2 Å². The van der Waals surface area contributed by atoms with Gasteiger partial charge < -0.3 is 10.4 Å². The molecule has 6 nitrogen and oxygen atoms in total. The fourth-order valence-electron chi connectivity index (χ4n) is 2.50. The predicted molar refractivity (Wildman–Crippen MR) is 117 cm³/mol. The highest BCUT2D eigenvalue weighted by Crippen LogP contribution is 2.30. The fourth-order valence-corrected chi connectivity index (χ4v) is 3.71. The number of carboxylic acid groups (broad SMARTS) is 1. The molecule has 0 saturated carbocycles. The summed E-state index contributed by atoms with van der Waals surface area (Å²) in [7, 11) is 0. The molecule has 3 rings (SSSR count). The Bertz CT molecular complexity index is 1010. The fraction of sp³-hybridized carbons (Fsp3) is 0.0476. The summed E-state index contributed by atoms with van der Waals surface area (Å²) in [4.78, 5) is 37.3. The van der Waals surface area contributed by atoms with Gasteiger partial charge in [-0.15, -0.1) is 0 Å². The smallest absolute Gasteiger partial charge is 0.335 e. The van der Waals surface area contributed by atoms with Crippen LogP contribution in [0, 0.1) is 0 Å². The first-order valence-corrected chi connectivity index (χ1v) is 9.77. The number of carbonyl (C=O) groups is 3. The predicted octanol–water partition coefficient (Wildman–Crippen LogP) is 3.78. The van der Waals surface area contributed by atoms with Crippen LogP contribution < -0.4 is 5.32 Å². The number of hydrogen-bond acceptors (Lipinski definition) is 5. The topological polar surface area (TPSA) is 86.7 Å². The average molecular weight is 425 g/mol. The lowest BCUT2D eigenvalue weighted by molar-refractivity contribution is -0.126. The molecule has 1 saturated heterocycles. The second-order valence-electron chi connectivity index (χ2n) is 5.99. The molecule has 2 aromatic carbocycles. The van der Waals surface area contributed by atoms with Crippen molar-refractivity contribution in [2.75, 3.05) is 11.9 Å². The molecule has 0 bridgehead atoms. The summed E-state index contributed by atoms with van der Waals surface area (Å²) >= 11 is 6.37. The Labute approximate surface area is 176 Å². The molecule has 0 atom stereocenters. The molecular weight excluding hydrogens is 408 g/mol. The normalized spacial score (nSPS) is 15.3. The minimum absolute atomic E-state index is 0.119. The molecule has 2 aromatic rings. The van der Waals surface area contributed by atoms with Crippen molar-refractivity contribution in [3.05, 3.63) is 82.8 Å². The van der Waals surface area contributed by atoms with E-state index in [1.54, 1.807) is 12.2 Å². The zero-order valence-electron chi connectivity index (χ0n) is 15.1. The third-order valence-electron chi connectivity index (χ3n) is 3.93. The first-order chi connectivity index (χ1) is 13.9. The molecule has 0 aliphatic carbocycles. The van der Waals surface area contributed by atoms with Gasteiger partial charge in [0.05, 0.1) is 10.5 Å². The van der Waals surface area contributed by atoms with Crippen LogP contribution in [0.5, 0.6) is 0 Å². The molecule has 8 heteroatoms. The van der Waals surface area contributed by atoms with E-state index in [0.29, 0.717) is 14.9 Å². The zero-order chi connectivity index (χ0) is 20.8. The number of anilines is 1. The third kappa shape index (κ3) is 5.40. The summed E-state index contributed by atoms with van der Waals surface area (Å²) in [5, 5.41) is 11.5. The molecule has 146 valence electrons. The summed E-state index contributed by atoms with van der Waals surface area (Å²) < 4.78 is 0.311. The number of hydrogen-bond donors (Lipinski definition) is 2. The summed E-state index contributed by atoms with van der Waals surface area (Å²) in [5.74, 6) is -1.80. The lowest BCUT2D eigenvalue weighted by Gasteiger charge is -2.14. The number of thioether (sulfide) groups is 1. The Morgan fingerprint density at radius 2 is 1.79 bits per heavy atom. The SMILES string of the molecule is O=C(CN1C(=O)/C(=C/C=C/c2ccccc2)SC1=S)Nc1ccc(C(=O)O)cc1. The van der Waals surface area contributed by atoms with Gasteiger partial charge in [-0.3, -0.25) is 14.5 Å². The highest BCUT2D eigenvalue weighted by atomic mass is 32.2. The van der Waals surface area contributed by atoms with Crippen molar-refractivity contribution in [3.8, 4) is 0 Å². The Balaban J connectivity index is 1.60. The second kappa shape index (κ2) is 9.31. The number of nitrogens with one attached hydrogen (secondary N) is 1. The van der Waals surface area contributed by atoms with E-state index in [0.717, 1.165) is 17.3 Å². The van der Waals surface area contributed by atoms with E-state index < -0.39 is 11.9 Å². The van der Waals surface area contributed by atoms with Crippen LogP contribution in [0.2, 0.25) is 0 Å². The summed E-state index contributed by atoms with van der Waals surface area (Å²) in [6.07, 6.45) is 5.32. The Morgan fingerprint density at radius 3 is 2.45 bits per heavy atom. The summed E-state index contributed by atoms with van der Waals surface area (Å²) in [6, 6.07) is 15.4.